The molecule has 152 valence electrons. The number of urea groups is 1. The largest absolute Gasteiger partial charge is 0.347 e. The van der Waals surface area contributed by atoms with Crippen molar-refractivity contribution in [3.05, 3.63) is 70.7 Å². The van der Waals surface area contributed by atoms with E-state index in [4.69, 9.17) is 11.6 Å². The minimum Gasteiger partial charge on any atom is -0.347 e. The average Bonchev–Trinajstić information content (AvgIpc) is 2.93. The lowest BCUT2D eigenvalue weighted by atomic mass is 9.98. The van der Waals surface area contributed by atoms with Crippen LogP contribution in [-0.4, -0.2) is 34.8 Å². The molecule has 0 bridgehead atoms. The van der Waals surface area contributed by atoms with Crippen LogP contribution in [0.3, 0.4) is 0 Å². The molecule has 1 aliphatic rings. The maximum atomic E-state index is 12.7. The van der Waals surface area contributed by atoms with Gasteiger partial charge in [-0.25, -0.2) is 4.79 Å². The van der Waals surface area contributed by atoms with Crippen molar-refractivity contribution in [2.45, 2.75) is 38.3 Å². The lowest BCUT2D eigenvalue weighted by Crippen LogP contribution is -2.45. The van der Waals surface area contributed by atoms with E-state index in [1.54, 1.807) is 19.1 Å². The zero-order chi connectivity index (χ0) is 21.0. The summed E-state index contributed by atoms with van der Waals surface area (Å²) >= 11 is 5.96. The van der Waals surface area contributed by atoms with Gasteiger partial charge in [0.1, 0.15) is 12.1 Å². The molecular formula is C22H24ClN3O3. The minimum absolute atomic E-state index is 0.303. The third kappa shape index (κ3) is 4.77. The first-order valence-electron chi connectivity index (χ1n) is 9.55. The molecule has 0 spiro atoms. The number of nitrogens with one attached hydrogen (secondary N) is 2. The Morgan fingerprint density at radius 1 is 1.14 bits per heavy atom. The summed E-state index contributed by atoms with van der Waals surface area (Å²) < 4.78 is 0. The van der Waals surface area contributed by atoms with E-state index < -0.39 is 17.5 Å². The van der Waals surface area contributed by atoms with E-state index in [-0.39, 0.29) is 18.5 Å². The fourth-order valence-corrected chi connectivity index (χ4v) is 3.43. The van der Waals surface area contributed by atoms with Crippen LogP contribution >= 0.6 is 11.6 Å². The molecule has 2 aromatic rings. The highest BCUT2D eigenvalue weighted by atomic mass is 35.5. The predicted octanol–water partition coefficient (Wildman–Crippen LogP) is 3.46. The number of amides is 4. The van der Waals surface area contributed by atoms with E-state index in [1.165, 1.54) is 0 Å². The van der Waals surface area contributed by atoms with Crippen molar-refractivity contribution >= 4 is 29.4 Å². The van der Waals surface area contributed by atoms with Crippen LogP contribution in [-0.2, 0) is 16.0 Å². The molecule has 4 amide bonds. The Kier molecular flexibility index (Phi) is 6.23. The Morgan fingerprint density at radius 3 is 2.38 bits per heavy atom. The van der Waals surface area contributed by atoms with Gasteiger partial charge in [-0.3, -0.25) is 14.5 Å². The number of hydrogen-bond acceptors (Lipinski definition) is 3. The molecule has 1 saturated heterocycles. The Bertz CT molecular complexity index is 901. The summed E-state index contributed by atoms with van der Waals surface area (Å²) in [5, 5.41) is 6.27. The van der Waals surface area contributed by atoms with Crippen molar-refractivity contribution in [1.82, 2.24) is 15.5 Å². The molecule has 1 heterocycles. The Hall–Kier alpha value is -2.86. The normalized spacial score (nSPS) is 19.8. The second-order valence-corrected chi connectivity index (χ2v) is 7.80. The van der Waals surface area contributed by atoms with Crippen LogP contribution in [0.5, 0.6) is 0 Å². The molecule has 3 rings (SSSR count). The SMILES string of the molecule is CC[C@]1(C)NC(=O)N(CC(=O)N[C@H](Cc2ccc(Cl)cc2)c2ccccc2)C1=O. The zero-order valence-corrected chi connectivity index (χ0v) is 17.2. The second kappa shape index (κ2) is 8.66. The topological polar surface area (TPSA) is 78.5 Å². The summed E-state index contributed by atoms with van der Waals surface area (Å²) in [7, 11) is 0. The van der Waals surface area contributed by atoms with Crippen molar-refractivity contribution in [3.63, 3.8) is 0 Å². The van der Waals surface area contributed by atoms with Gasteiger partial charge < -0.3 is 10.6 Å². The van der Waals surface area contributed by atoms with Gasteiger partial charge in [0.15, 0.2) is 0 Å². The fourth-order valence-electron chi connectivity index (χ4n) is 3.31. The van der Waals surface area contributed by atoms with Crippen molar-refractivity contribution in [1.29, 1.82) is 0 Å². The maximum Gasteiger partial charge on any atom is 0.325 e. The first kappa shape index (κ1) is 20.9. The van der Waals surface area contributed by atoms with Crippen LogP contribution in [0.25, 0.3) is 0 Å². The van der Waals surface area contributed by atoms with Crippen LogP contribution in [0.15, 0.2) is 54.6 Å². The van der Waals surface area contributed by atoms with Crippen LogP contribution < -0.4 is 10.6 Å². The molecule has 0 aromatic heterocycles. The van der Waals surface area contributed by atoms with Crippen LogP contribution in [0.1, 0.15) is 37.4 Å². The number of imide groups is 1. The van der Waals surface area contributed by atoms with Gasteiger partial charge >= 0.3 is 6.03 Å². The third-order valence-corrected chi connectivity index (χ3v) is 5.50. The first-order valence-corrected chi connectivity index (χ1v) is 9.93. The van der Waals surface area contributed by atoms with Crippen LogP contribution in [0.2, 0.25) is 5.02 Å². The van der Waals surface area contributed by atoms with Crippen molar-refractivity contribution in [2.24, 2.45) is 0 Å². The number of nitrogens with zero attached hydrogens (tertiary/aromatic N) is 1. The number of rotatable bonds is 7. The molecule has 29 heavy (non-hydrogen) atoms. The molecule has 0 unspecified atom stereocenters. The van der Waals surface area contributed by atoms with E-state index in [1.807, 2.05) is 49.4 Å². The Balaban J connectivity index is 1.74. The molecule has 2 atom stereocenters. The summed E-state index contributed by atoms with van der Waals surface area (Å²) in [5.41, 5.74) is 0.989. The van der Waals surface area contributed by atoms with E-state index in [2.05, 4.69) is 10.6 Å². The lowest BCUT2D eigenvalue weighted by Gasteiger charge is -2.22. The van der Waals surface area contributed by atoms with Gasteiger partial charge in [0.2, 0.25) is 5.91 Å². The summed E-state index contributed by atoms with van der Waals surface area (Å²) in [6.45, 7) is 3.17. The molecule has 7 heteroatoms. The van der Waals surface area contributed by atoms with Gasteiger partial charge in [-0.05, 0) is 43.0 Å². The van der Waals surface area contributed by atoms with Crippen molar-refractivity contribution < 1.29 is 14.4 Å². The van der Waals surface area contributed by atoms with Gasteiger partial charge in [0, 0.05) is 5.02 Å². The van der Waals surface area contributed by atoms with Crippen LogP contribution in [0, 0.1) is 0 Å². The summed E-state index contributed by atoms with van der Waals surface area (Å²) in [6.07, 6.45) is 1.01. The highest BCUT2D eigenvalue weighted by Crippen LogP contribution is 2.22. The molecule has 0 radical (unpaired) electrons. The predicted molar refractivity (Wildman–Crippen MR) is 111 cm³/mol. The number of carbonyl (C=O) groups excluding carboxylic acids is 3. The molecule has 6 nitrogen and oxygen atoms in total. The molecule has 2 N–H and O–H groups in total. The number of carbonyl (C=O) groups is 3. The Labute approximate surface area is 175 Å². The fraction of sp³-hybridized carbons (Fsp3) is 0.318. The summed E-state index contributed by atoms with van der Waals surface area (Å²) in [6, 6.07) is 16.2. The van der Waals surface area contributed by atoms with Gasteiger partial charge in [-0.1, -0.05) is 61.0 Å². The summed E-state index contributed by atoms with van der Waals surface area (Å²) in [4.78, 5) is 38.4. The molecule has 1 fully saturated rings. The van der Waals surface area contributed by atoms with E-state index >= 15 is 0 Å². The van der Waals surface area contributed by atoms with Gasteiger partial charge in [-0.15, -0.1) is 0 Å². The van der Waals surface area contributed by atoms with Gasteiger partial charge in [0.05, 0.1) is 6.04 Å². The quantitative estimate of drug-likeness (QED) is 0.682. The second-order valence-electron chi connectivity index (χ2n) is 7.37. The number of hydrogen-bond donors (Lipinski definition) is 2. The third-order valence-electron chi connectivity index (χ3n) is 5.24. The van der Waals surface area contributed by atoms with E-state index in [9.17, 15) is 14.4 Å². The molecule has 2 aromatic carbocycles. The minimum atomic E-state index is -0.959. The molecule has 1 aliphatic heterocycles. The van der Waals surface area contributed by atoms with Gasteiger partial charge in [0.25, 0.3) is 5.91 Å². The monoisotopic (exact) mass is 413 g/mol. The lowest BCUT2D eigenvalue weighted by molar-refractivity contribution is -0.134. The molecular weight excluding hydrogens is 390 g/mol. The first-order chi connectivity index (χ1) is 13.8. The van der Waals surface area contributed by atoms with Crippen molar-refractivity contribution in [3.8, 4) is 0 Å². The standard InChI is InChI=1S/C22H24ClN3O3/c1-3-22(2)20(28)26(21(29)25-22)14-19(27)24-18(16-7-5-4-6-8-16)13-15-9-11-17(23)12-10-15/h4-12,18H,3,13-14H2,1-2H3,(H,24,27)(H,25,29)/t18-,22+/m1/s1. The van der Waals surface area contributed by atoms with Crippen molar-refractivity contribution in [2.75, 3.05) is 6.54 Å². The molecule has 0 saturated carbocycles. The Morgan fingerprint density at radius 2 is 1.79 bits per heavy atom. The average molecular weight is 414 g/mol. The smallest absolute Gasteiger partial charge is 0.325 e. The number of halogens is 1. The molecule has 0 aliphatic carbocycles. The maximum absolute atomic E-state index is 12.7. The van der Waals surface area contributed by atoms with Crippen LogP contribution in [0.4, 0.5) is 4.79 Å². The van der Waals surface area contributed by atoms with Gasteiger partial charge in [-0.2, -0.15) is 0 Å². The highest BCUT2D eigenvalue weighted by molar-refractivity contribution is 6.30. The number of benzene rings is 2. The highest BCUT2D eigenvalue weighted by Gasteiger charge is 2.47. The zero-order valence-electron chi connectivity index (χ0n) is 16.4. The van der Waals surface area contributed by atoms with E-state index in [0.717, 1.165) is 16.0 Å². The van der Waals surface area contributed by atoms with E-state index in [0.29, 0.717) is 17.9 Å². The summed E-state index contributed by atoms with van der Waals surface area (Å²) in [5.74, 6) is -0.772.